The highest BCUT2D eigenvalue weighted by Crippen LogP contribution is 2.14. The first-order chi connectivity index (χ1) is 10.5. The second-order valence-corrected chi connectivity index (χ2v) is 6.03. The van der Waals surface area contributed by atoms with Gasteiger partial charge in [0.2, 0.25) is 0 Å². The fraction of sp³-hybridized carbons (Fsp3) is 0.941. The fourth-order valence-electron chi connectivity index (χ4n) is 2.45. The number of hydrogen-bond acceptors (Lipinski definition) is 4. The first-order valence-corrected chi connectivity index (χ1v) is 9.00. The molecule has 2 N–H and O–H groups in total. The van der Waals surface area contributed by atoms with Crippen molar-refractivity contribution in [2.75, 3.05) is 6.54 Å². The summed E-state index contributed by atoms with van der Waals surface area (Å²) in [5.41, 5.74) is 0. The molecule has 0 fully saturated rings. The van der Waals surface area contributed by atoms with Gasteiger partial charge in [0.1, 0.15) is 6.54 Å². The molecule has 0 saturated carbocycles. The summed E-state index contributed by atoms with van der Waals surface area (Å²) in [5, 5.41) is 19.4. The molecule has 0 aliphatic rings. The van der Waals surface area contributed by atoms with Crippen molar-refractivity contribution >= 4 is 5.97 Å². The van der Waals surface area contributed by atoms with E-state index < -0.39 is 11.0 Å². The largest absolute Gasteiger partial charge is 0.406 e. The standard InChI is InChI=1S/C17H36NO4/c1-4-7-8-9-10-11-12-13-14-15-17(19)22-16(5-2)18(20,21)6-3/h16,20-21H,4-15H2,1-3H3/q+1. The van der Waals surface area contributed by atoms with Crippen LogP contribution in [0.15, 0.2) is 0 Å². The van der Waals surface area contributed by atoms with E-state index >= 15 is 0 Å². The number of hydroxylamine groups is 4. The molecule has 1 atom stereocenters. The number of carbonyl (C=O) groups is 1. The van der Waals surface area contributed by atoms with Gasteiger partial charge in [0.25, 0.3) is 6.23 Å². The third kappa shape index (κ3) is 10.1. The number of ether oxygens (including phenoxy) is 1. The first-order valence-electron chi connectivity index (χ1n) is 9.00. The Morgan fingerprint density at radius 1 is 0.909 bits per heavy atom. The van der Waals surface area contributed by atoms with Crippen LogP contribution in [0.5, 0.6) is 0 Å². The minimum Gasteiger partial charge on any atom is -0.406 e. The fourth-order valence-corrected chi connectivity index (χ4v) is 2.45. The molecule has 0 aromatic rings. The maximum absolute atomic E-state index is 11.7. The number of nitrogens with zero attached hydrogens (tertiary/aromatic N) is 1. The van der Waals surface area contributed by atoms with Crippen LogP contribution in [0, 0.1) is 0 Å². The SMILES string of the molecule is CCCCCCCCCCCC(=O)OC(CC)[N+](O)(O)CC. The van der Waals surface area contributed by atoms with Crippen molar-refractivity contribution in [3.63, 3.8) is 0 Å². The molecule has 0 saturated heterocycles. The van der Waals surface area contributed by atoms with Gasteiger partial charge in [-0.15, -0.1) is 0 Å². The van der Waals surface area contributed by atoms with Gasteiger partial charge in [-0.1, -0.05) is 65.2 Å². The highest BCUT2D eigenvalue weighted by atomic mass is 16.9. The third-order valence-electron chi connectivity index (χ3n) is 4.03. The van der Waals surface area contributed by atoms with E-state index in [-0.39, 0.29) is 12.5 Å². The van der Waals surface area contributed by atoms with Crippen LogP contribution in [0.2, 0.25) is 0 Å². The number of carbonyl (C=O) groups excluding carboxylic acids is 1. The van der Waals surface area contributed by atoms with Crippen LogP contribution in [-0.4, -0.2) is 34.0 Å². The summed E-state index contributed by atoms with van der Waals surface area (Å²) in [5.74, 6) is -0.339. The Morgan fingerprint density at radius 2 is 1.41 bits per heavy atom. The second-order valence-electron chi connectivity index (χ2n) is 6.03. The summed E-state index contributed by atoms with van der Waals surface area (Å²) in [6, 6.07) is 0. The number of rotatable bonds is 14. The Bertz CT molecular complexity index is 282. The summed E-state index contributed by atoms with van der Waals surface area (Å²) in [7, 11) is 0. The van der Waals surface area contributed by atoms with Crippen molar-refractivity contribution in [2.24, 2.45) is 0 Å². The van der Waals surface area contributed by atoms with Gasteiger partial charge in [0, 0.05) is 12.8 Å². The van der Waals surface area contributed by atoms with Crippen LogP contribution in [-0.2, 0) is 9.53 Å². The number of unbranched alkanes of at least 4 members (excludes halogenated alkanes) is 8. The summed E-state index contributed by atoms with van der Waals surface area (Å²) in [6.45, 7) is 5.71. The van der Waals surface area contributed by atoms with Crippen molar-refractivity contribution < 1.29 is 24.8 Å². The monoisotopic (exact) mass is 318 g/mol. The van der Waals surface area contributed by atoms with Crippen molar-refractivity contribution in [3.8, 4) is 0 Å². The number of quaternary nitrogens is 1. The molecule has 5 nitrogen and oxygen atoms in total. The highest BCUT2D eigenvalue weighted by molar-refractivity contribution is 5.69. The van der Waals surface area contributed by atoms with Crippen LogP contribution in [0.4, 0.5) is 0 Å². The Kier molecular flexibility index (Phi) is 12.5. The molecule has 0 rings (SSSR count). The minimum absolute atomic E-state index is 0.0871. The van der Waals surface area contributed by atoms with Crippen molar-refractivity contribution in [1.29, 1.82) is 0 Å². The van der Waals surface area contributed by atoms with Crippen molar-refractivity contribution in [3.05, 3.63) is 0 Å². The zero-order valence-corrected chi connectivity index (χ0v) is 14.7. The summed E-state index contributed by atoms with van der Waals surface area (Å²) in [6.07, 6.45) is 10.6. The van der Waals surface area contributed by atoms with E-state index in [1.54, 1.807) is 13.8 Å². The Morgan fingerprint density at radius 3 is 1.86 bits per heavy atom. The lowest BCUT2D eigenvalue weighted by molar-refractivity contribution is -1.27. The predicted octanol–water partition coefficient (Wildman–Crippen LogP) is 4.80. The zero-order valence-electron chi connectivity index (χ0n) is 14.7. The molecule has 0 aliphatic heterocycles. The molecule has 0 heterocycles. The zero-order chi connectivity index (χ0) is 16.8. The normalized spacial score (nSPS) is 13.1. The molecule has 22 heavy (non-hydrogen) atoms. The van der Waals surface area contributed by atoms with E-state index in [0.717, 1.165) is 19.3 Å². The van der Waals surface area contributed by atoms with Gasteiger partial charge in [-0.05, 0) is 18.2 Å². The molecule has 1 unspecified atom stereocenters. The maximum Gasteiger partial charge on any atom is 0.310 e. The van der Waals surface area contributed by atoms with Crippen LogP contribution in [0.25, 0.3) is 0 Å². The quantitative estimate of drug-likeness (QED) is 0.159. The van der Waals surface area contributed by atoms with Crippen LogP contribution < -0.4 is 0 Å². The van der Waals surface area contributed by atoms with Gasteiger partial charge in [0.05, 0.1) is 0 Å². The van der Waals surface area contributed by atoms with Crippen LogP contribution in [0.1, 0.15) is 91.4 Å². The summed E-state index contributed by atoms with van der Waals surface area (Å²) < 4.78 is 5.16. The Labute approximate surface area is 135 Å². The van der Waals surface area contributed by atoms with Crippen LogP contribution >= 0.6 is 0 Å². The lowest BCUT2D eigenvalue weighted by Crippen LogP contribution is -2.51. The van der Waals surface area contributed by atoms with E-state index in [4.69, 9.17) is 4.74 Å². The molecule has 0 aliphatic carbocycles. The van der Waals surface area contributed by atoms with Gasteiger partial charge in [-0.25, -0.2) is 0 Å². The van der Waals surface area contributed by atoms with Gasteiger partial charge in [-0.3, -0.25) is 4.79 Å². The van der Waals surface area contributed by atoms with Gasteiger partial charge < -0.3 is 4.74 Å². The molecular weight excluding hydrogens is 282 g/mol. The minimum atomic E-state index is -1.25. The Hall–Kier alpha value is -0.650. The van der Waals surface area contributed by atoms with E-state index in [0.29, 0.717) is 12.8 Å². The van der Waals surface area contributed by atoms with Gasteiger partial charge in [-0.2, -0.15) is 10.4 Å². The summed E-state index contributed by atoms with van der Waals surface area (Å²) in [4.78, 5) is 10.5. The molecular formula is C17H36NO4+. The molecule has 0 spiro atoms. The molecule has 0 radical (unpaired) electrons. The second kappa shape index (κ2) is 12.9. The summed E-state index contributed by atoms with van der Waals surface area (Å²) >= 11 is 0. The first kappa shape index (κ1) is 21.4. The maximum atomic E-state index is 11.7. The lowest BCUT2D eigenvalue weighted by Gasteiger charge is -2.27. The molecule has 0 aromatic carbocycles. The van der Waals surface area contributed by atoms with Crippen LogP contribution in [0.3, 0.4) is 0 Å². The van der Waals surface area contributed by atoms with E-state index in [1.165, 1.54) is 38.5 Å². The van der Waals surface area contributed by atoms with Gasteiger partial charge in [0.15, 0.2) is 0 Å². The average molecular weight is 318 g/mol. The van der Waals surface area contributed by atoms with Crippen molar-refractivity contribution in [2.45, 2.75) is 97.6 Å². The third-order valence-corrected chi connectivity index (χ3v) is 4.03. The molecule has 5 heteroatoms. The predicted molar refractivity (Wildman–Crippen MR) is 86.4 cm³/mol. The van der Waals surface area contributed by atoms with E-state index in [2.05, 4.69) is 6.92 Å². The molecule has 0 bridgehead atoms. The topological polar surface area (TPSA) is 66.8 Å². The molecule has 0 amide bonds. The molecule has 0 aromatic heterocycles. The number of esters is 1. The van der Waals surface area contributed by atoms with Gasteiger partial charge >= 0.3 is 5.97 Å². The lowest BCUT2D eigenvalue weighted by atomic mass is 10.1. The molecule has 132 valence electrons. The highest BCUT2D eigenvalue weighted by Gasteiger charge is 2.35. The van der Waals surface area contributed by atoms with E-state index in [9.17, 15) is 15.2 Å². The smallest absolute Gasteiger partial charge is 0.310 e. The number of hydrogen-bond donors (Lipinski definition) is 2. The van der Waals surface area contributed by atoms with Crippen molar-refractivity contribution in [1.82, 2.24) is 0 Å². The van der Waals surface area contributed by atoms with E-state index in [1.807, 2.05) is 0 Å². The average Bonchev–Trinajstić information content (AvgIpc) is 2.50. The Balaban J connectivity index is 3.65.